The van der Waals surface area contributed by atoms with Crippen LogP contribution < -0.4 is 9.62 Å². The fourth-order valence-corrected chi connectivity index (χ4v) is 4.20. The Morgan fingerprint density at radius 1 is 0.903 bits per heavy atom. The molecule has 0 aliphatic carbocycles. The van der Waals surface area contributed by atoms with E-state index in [0.29, 0.717) is 11.4 Å². The lowest BCUT2D eigenvalue weighted by atomic mass is 10.1. The number of esters is 1. The minimum atomic E-state index is -3.87. The van der Waals surface area contributed by atoms with E-state index in [0.717, 1.165) is 5.56 Å². The predicted octanol–water partition coefficient (Wildman–Crippen LogP) is 3.86. The monoisotopic (exact) mass is 438 g/mol. The van der Waals surface area contributed by atoms with Gasteiger partial charge in [-0.05, 0) is 61.0 Å². The highest BCUT2D eigenvalue weighted by Crippen LogP contribution is 2.24. The van der Waals surface area contributed by atoms with Crippen molar-refractivity contribution >= 4 is 33.3 Å². The summed E-state index contributed by atoms with van der Waals surface area (Å²) < 4.78 is 32.0. The first-order valence-corrected chi connectivity index (χ1v) is 10.8. The molecule has 1 N–H and O–H groups in total. The minimum Gasteiger partial charge on any atom is -0.465 e. The van der Waals surface area contributed by atoms with E-state index in [1.807, 2.05) is 13.0 Å². The van der Waals surface area contributed by atoms with Crippen molar-refractivity contribution in [2.24, 2.45) is 0 Å². The largest absolute Gasteiger partial charge is 0.465 e. The second-order valence-corrected chi connectivity index (χ2v) is 8.84. The van der Waals surface area contributed by atoms with Gasteiger partial charge in [0.2, 0.25) is 0 Å². The number of benzene rings is 3. The summed E-state index contributed by atoms with van der Waals surface area (Å²) in [5, 5.41) is 2.67. The normalized spacial score (nSPS) is 10.9. The first-order chi connectivity index (χ1) is 14.7. The lowest BCUT2D eigenvalue weighted by Crippen LogP contribution is -2.27. The summed E-state index contributed by atoms with van der Waals surface area (Å²) in [6.07, 6.45) is 0. The number of aryl methyl sites for hydroxylation is 1. The van der Waals surface area contributed by atoms with E-state index in [1.54, 1.807) is 36.4 Å². The standard InChI is InChI=1S/C23H22N2O5S/c1-16-7-4-11-20(13-16)25(2)31(28,29)21-12-6-8-17(15-21)22(26)24-19-10-5-9-18(14-19)23(27)30-3/h4-15H,1-3H3,(H,24,26). The van der Waals surface area contributed by atoms with Crippen LogP contribution in [0.2, 0.25) is 0 Å². The molecule has 0 heterocycles. The minimum absolute atomic E-state index is 0.00697. The van der Waals surface area contributed by atoms with E-state index >= 15 is 0 Å². The van der Waals surface area contributed by atoms with Crippen LogP contribution in [0.4, 0.5) is 11.4 Å². The van der Waals surface area contributed by atoms with Gasteiger partial charge < -0.3 is 10.1 Å². The third-order valence-corrected chi connectivity index (χ3v) is 6.44. The molecular weight excluding hydrogens is 416 g/mol. The number of nitrogens with zero attached hydrogens (tertiary/aromatic N) is 1. The van der Waals surface area contributed by atoms with Gasteiger partial charge in [0.15, 0.2) is 0 Å². The van der Waals surface area contributed by atoms with E-state index in [4.69, 9.17) is 0 Å². The molecule has 0 radical (unpaired) electrons. The van der Waals surface area contributed by atoms with Crippen molar-refractivity contribution in [2.75, 3.05) is 23.8 Å². The molecule has 31 heavy (non-hydrogen) atoms. The maximum Gasteiger partial charge on any atom is 0.337 e. The number of methoxy groups -OCH3 is 1. The smallest absolute Gasteiger partial charge is 0.337 e. The van der Waals surface area contributed by atoms with Gasteiger partial charge >= 0.3 is 5.97 Å². The molecule has 0 aliphatic rings. The Morgan fingerprint density at radius 3 is 2.29 bits per heavy atom. The number of amides is 1. The highest BCUT2D eigenvalue weighted by Gasteiger charge is 2.22. The molecule has 1 amide bonds. The molecule has 0 bridgehead atoms. The zero-order chi connectivity index (χ0) is 22.6. The number of carbonyl (C=O) groups excluding carboxylic acids is 2. The van der Waals surface area contributed by atoms with Crippen LogP contribution in [0.15, 0.2) is 77.7 Å². The summed E-state index contributed by atoms with van der Waals surface area (Å²) in [5.74, 6) is -1.03. The van der Waals surface area contributed by atoms with E-state index in [9.17, 15) is 18.0 Å². The van der Waals surface area contributed by atoms with Crippen LogP contribution in [0.1, 0.15) is 26.3 Å². The van der Waals surface area contributed by atoms with Crippen LogP contribution in [0, 0.1) is 6.92 Å². The summed E-state index contributed by atoms with van der Waals surface area (Å²) >= 11 is 0. The Kier molecular flexibility index (Phi) is 6.41. The summed E-state index contributed by atoms with van der Waals surface area (Å²) in [6, 6.07) is 19.2. The fraction of sp³-hybridized carbons (Fsp3) is 0.130. The van der Waals surface area contributed by atoms with Crippen LogP contribution >= 0.6 is 0 Å². The topological polar surface area (TPSA) is 92.8 Å². The Hall–Kier alpha value is -3.65. The average molecular weight is 439 g/mol. The molecule has 160 valence electrons. The average Bonchev–Trinajstić information content (AvgIpc) is 2.78. The Balaban J connectivity index is 1.85. The van der Waals surface area contributed by atoms with Gasteiger partial charge in [-0.2, -0.15) is 0 Å². The zero-order valence-corrected chi connectivity index (χ0v) is 18.1. The molecular formula is C23H22N2O5S. The second kappa shape index (κ2) is 9.01. The third kappa shape index (κ3) is 4.92. The van der Waals surface area contributed by atoms with Gasteiger partial charge in [0.25, 0.3) is 15.9 Å². The van der Waals surface area contributed by atoms with Crippen LogP contribution in [0.3, 0.4) is 0 Å². The first-order valence-electron chi connectivity index (χ1n) is 9.38. The Morgan fingerprint density at radius 2 is 1.58 bits per heavy atom. The van der Waals surface area contributed by atoms with Gasteiger partial charge in [0.05, 0.1) is 23.3 Å². The third-order valence-electron chi connectivity index (χ3n) is 4.66. The molecule has 0 saturated heterocycles. The van der Waals surface area contributed by atoms with Crippen LogP contribution in [0.5, 0.6) is 0 Å². The summed E-state index contributed by atoms with van der Waals surface area (Å²) in [4.78, 5) is 24.4. The molecule has 0 saturated carbocycles. The summed E-state index contributed by atoms with van der Waals surface area (Å²) in [6.45, 7) is 1.88. The van der Waals surface area contributed by atoms with Crippen LogP contribution in [-0.4, -0.2) is 34.5 Å². The van der Waals surface area contributed by atoms with Crippen molar-refractivity contribution in [3.05, 3.63) is 89.5 Å². The van der Waals surface area contributed by atoms with Crippen molar-refractivity contribution in [3.8, 4) is 0 Å². The quantitative estimate of drug-likeness (QED) is 0.590. The molecule has 3 rings (SSSR count). The predicted molar refractivity (Wildman–Crippen MR) is 119 cm³/mol. The maximum absolute atomic E-state index is 13.1. The number of ether oxygens (including phenoxy) is 1. The Bertz CT molecular complexity index is 1240. The molecule has 0 aromatic heterocycles. The SMILES string of the molecule is COC(=O)c1cccc(NC(=O)c2cccc(S(=O)(=O)N(C)c3cccc(C)c3)c2)c1. The number of anilines is 2. The van der Waals surface area contributed by atoms with Gasteiger partial charge in [0.1, 0.15) is 0 Å². The van der Waals surface area contributed by atoms with E-state index in [2.05, 4.69) is 10.1 Å². The number of nitrogens with one attached hydrogen (secondary N) is 1. The lowest BCUT2D eigenvalue weighted by Gasteiger charge is -2.20. The Labute approximate surface area is 181 Å². The molecule has 7 nitrogen and oxygen atoms in total. The van der Waals surface area contributed by atoms with Crippen LogP contribution in [0.25, 0.3) is 0 Å². The summed E-state index contributed by atoms with van der Waals surface area (Å²) in [5.41, 5.74) is 2.30. The zero-order valence-electron chi connectivity index (χ0n) is 17.3. The molecule has 3 aromatic rings. The van der Waals surface area contributed by atoms with Crippen molar-refractivity contribution in [2.45, 2.75) is 11.8 Å². The number of hydrogen-bond donors (Lipinski definition) is 1. The maximum atomic E-state index is 13.1. The van der Waals surface area contributed by atoms with E-state index in [-0.39, 0.29) is 16.0 Å². The van der Waals surface area contributed by atoms with Gasteiger partial charge in [-0.15, -0.1) is 0 Å². The van der Waals surface area contributed by atoms with Gasteiger partial charge in [-0.25, -0.2) is 13.2 Å². The number of sulfonamides is 1. The van der Waals surface area contributed by atoms with Crippen molar-refractivity contribution in [1.29, 1.82) is 0 Å². The molecule has 0 atom stereocenters. The van der Waals surface area contributed by atoms with Crippen molar-refractivity contribution in [3.63, 3.8) is 0 Å². The summed E-state index contributed by atoms with van der Waals surface area (Å²) in [7, 11) is -1.13. The fourth-order valence-electron chi connectivity index (χ4n) is 2.96. The highest BCUT2D eigenvalue weighted by atomic mass is 32.2. The second-order valence-electron chi connectivity index (χ2n) is 6.87. The van der Waals surface area contributed by atoms with Crippen molar-refractivity contribution in [1.82, 2.24) is 0 Å². The van der Waals surface area contributed by atoms with Gasteiger partial charge in [-0.3, -0.25) is 9.10 Å². The first kappa shape index (κ1) is 22.0. The molecule has 3 aromatic carbocycles. The molecule has 0 fully saturated rings. The molecule has 0 aliphatic heterocycles. The van der Waals surface area contributed by atoms with Crippen LogP contribution in [-0.2, 0) is 14.8 Å². The number of hydrogen-bond acceptors (Lipinski definition) is 5. The van der Waals surface area contributed by atoms with E-state index < -0.39 is 21.9 Å². The number of carbonyl (C=O) groups is 2. The molecule has 0 unspecified atom stereocenters. The number of rotatable bonds is 6. The molecule has 0 spiro atoms. The molecule has 8 heteroatoms. The van der Waals surface area contributed by atoms with Crippen molar-refractivity contribution < 1.29 is 22.7 Å². The van der Waals surface area contributed by atoms with E-state index in [1.165, 1.54) is 48.8 Å². The highest BCUT2D eigenvalue weighted by molar-refractivity contribution is 7.92. The van der Waals surface area contributed by atoms with Gasteiger partial charge in [0, 0.05) is 18.3 Å². The lowest BCUT2D eigenvalue weighted by molar-refractivity contribution is 0.0600. The van der Waals surface area contributed by atoms with Gasteiger partial charge in [-0.1, -0.05) is 24.3 Å².